The molecule has 3 aromatic rings. The monoisotopic (exact) mass is 376 g/mol. The number of amides is 1. The van der Waals surface area contributed by atoms with Crippen LogP contribution in [0.5, 0.6) is 0 Å². The quantitative estimate of drug-likeness (QED) is 0.739. The number of nitrogens with one attached hydrogen (secondary N) is 1. The van der Waals surface area contributed by atoms with E-state index in [0.717, 1.165) is 49.1 Å². The first-order chi connectivity index (χ1) is 13.7. The third-order valence-electron chi connectivity index (χ3n) is 5.82. The summed E-state index contributed by atoms with van der Waals surface area (Å²) >= 11 is 0. The lowest BCUT2D eigenvalue weighted by molar-refractivity contribution is 0.0922. The maximum absolute atomic E-state index is 12.6. The molecule has 2 aliphatic rings. The van der Waals surface area contributed by atoms with Crippen LogP contribution in [-0.2, 0) is 6.54 Å². The summed E-state index contributed by atoms with van der Waals surface area (Å²) in [6.45, 7) is 4.86. The van der Waals surface area contributed by atoms with Crippen LogP contribution in [0.4, 0.5) is 0 Å². The highest BCUT2D eigenvalue weighted by Gasteiger charge is 2.33. The van der Waals surface area contributed by atoms with Crippen LogP contribution in [0.15, 0.2) is 47.1 Å². The molecule has 1 aliphatic heterocycles. The second-order valence-corrected chi connectivity index (χ2v) is 8.17. The fraction of sp³-hybridized carbons (Fsp3) is 0.409. The van der Waals surface area contributed by atoms with Gasteiger partial charge in [0.25, 0.3) is 5.91 Å². The molecular formula is C22H24N4O2. The first kappa shape index (κ1) is 17.4. The largest absolute Gasteiger partial charge is 0.360 e. The van der Waals surface area contributed by atoms with Gasteiger partial charge in [-0.15, -0.1) is 0 Å². The minimum Gasteiger partial charge on any atom is -0.360 e. The zero-order valence-corrected chi connectivity index (χ0v) is 16.0. The summed E-state index contributed by atoms with van der Waals surface area (Å²) in [6.07, 6.45) is 4.09. The molecule has 0 radical (unpaired) electrons. The van der Waals surface area contributed by atoms with Gasteiger partial charge in [-0.3, -0.25) is 14.7 Å². The predicted octanol–water partition coefficient (Wildman–Crippen LogP) is 3.35. The molecule has 6 nitrogen and oxygen atoms in total. The van der Waals surface area contributed by atoms with E-state index in [1.807, 2.05) is 12.3 Å². The normalized spacial score (nSPS) is 22.6. The third-order valence-corrected chi connectivity index (χ3v) is 5.82. The van der Waals surface area contributed by atoms with Crippen LogP contribution in [-0.4, -0.2) is 40.1 Å². The molecule has 1 aromatic carbocycles. The molecule has 28 heavy (non-hydrogen) atoms. The summed E-state index contributed by atoms with van der Waals surface area (Å²) in [5.41, 5.74) is 2.68. The van der Waals surface area contributed by atoms with Crippen LogP contribution < -0.4 is 5.32 Å². The van der Waals surface area contributed by atoms with Crippen molar-refractivity contribution < 1.29 is 9.32 Å². The molecule has 5 rings (SSSR count). The molecule has 2 atom stereocenters. The zero-order chi connectivity index (χ0) is 19.1. The van der Waals surface area contributed by atoms with Gasteiger partial charge in [0.1, 0.15) is 5.76 Å². The molecule has 144 valence electrons. The van der Waals surface area contributed by atoms with E-state index in [2.05, 4.69) is 51.5 Å². The number of aromatic nitrogens is 2. The van der Waals surface area contributed by atoms with Crippen molar-refractivity contribution in [3.05, 3.63) is 59.6 Å². The predicted molar refractivity (Wildman–Crippen MR) is 106 cm³/mol. The van der Waals surface area contributed by atoms with Gasteiger partial charge in [-0.2, -0.15) is 0 Å². The second-order valence-electron chi connectivity index (χ2n) is 8.17. The SMILES string of the molecule is C[C@H]1CN(Cc2ccc3ncccc3c2)C[C@H]1NC(=O)c1cc(C2CC2)on1. The highest BCUT2D eigenvalue weighted by Crippen LogP contribution is 2.40. The Morgan fingerprint density at radius 1 is 1.25 bits per heavy atom. The molecule has 1 N–H and O–H groups in total. The number of carbonyl (C=O) groups is 1. The molecule has 2 fully saturated rings. The molecule has 1 aliphatic carbocycles. The minimum absolute atomic E-state index is 0.121. The molecule has 0 spiro atoms. The number of benzene rings is 1. The van der Waals surface area contributed by atoms with Gasteiger partial charge in [-0.1, -0.05) is 24.2 Å². The van der Waals surface area contributed by atoms with Crippen molar-refractivity contribution in [2.24, 2.45) is 5.92 Å². The van der Waals surface area contributed by atoms with E-state index in [9.17, 15) is 4.79 Å². The summed E-state index contributed by atoms with van der Waals surface area (Å²) < 4.78 is 5.31. The summed E-state index contributed by atoms with van der Waals surface area (Å²) in [7, 11) is 0. The van der Waals surface area contributed by atoms with Crippen LogP contribution in [0.1, 0.15) is 47.5 Å². The molecule has 3 heterocycles. The molecular weight excluding hydrogens is 352 g/mol. The lowest BCUT2D eigenvalue weighted by Crippen LogP contribution is -2.39. The summed E-state index contributed by atoms with van der Waals surface area (Å²) in [5.74, 6) is 1.57. The summed E-state index contributed by atoms with van der Waals surface area (Å²) in [5, 5.41) is 8.27. The van der Waals surface area contributed by atoms with Crippen LogP contribution >= 0.6 is 0 Å². The van der Waals surface area contributed by atoms with Gasteiger partial charge in [-0.05, 0) is 42.5 Å². The number of pyridine rings is 1. The zero-order valence-electron chi connectivity index (χ0n) is 16.0. The average Bonchev–Trinajstić information content (AvgIpc) is 3.33. The molecule has 1 saturated carbocycles. The van der Waals surface area contributed by atoms with Crippen LogP contribution in [0, 0.1) is 5.92 Å². The minimum atomic E-state index is -0.133. The van der Waals surface area contributed by atoms with Gasteiger partial charge < -0.3 is 9.84 Å². The van der Waals surface area contributed by atoms with E-state index in [4.69, 9.17) is 4.52 Å². The highest BCUT2D eigenvalue weighted by molar-refractivity contribution is 5.92. The van der Waals surface area contributed by atoms with Gasteiger partial charge in [0.15, 0.2) is 5.69 Å². The van der Waals surface area contributed by atoms with Crippen LogP contribution in [0.3, 0.4) is 0 Å². The number of carbonyl (C=O) groups excluding carboxylic acids is 1. The second kappa shape index (κ2) is 7.02. The number of likely N-dealkylation sites (tertiary alicyclic amines) is 1. The van der Waals surface area contributed by atoms with Gasteiger partial charge in [0.05, 0.1) is 5.52 Å². The van der Waals surface area contributed by atoms with E-state index in [0.29, 0.717) is 17.5 Å². The van der Waals surface area contributed by atoms with Crippen molar-refractivity contribution in [1.29, 1.82) is 0 Å². The molecule has 0 bridgehead atoms. The Bertz CT molecular complexity index is 1010. The lowest BCUT2D eigenvalue weighted by Gasteiger charge is -2.17. The number of rotatable bonds is 5. The van der Waals surface area contributed by atoms with Gasteiger partial charge >= 0.3 is 0 Å². The third kappa shape index (κ3) is 3.52. The van der Waals surface area contributed by atoms with E-state index >= 15 is 0 Å². The maximum Gasteiger partial charge on any atom is 0.273 e. The highest BCUT2D eigenvalue weighted by atomic mass is 16.5. The standard InChI is InChI=1S/C22H24N4O2/c1-14-11-26(12-15-4-7-18-17(9-15)3-2-8-23-18)13-20(14)24-22(27)19-10-21(28-25-19)16-5-6-16/h2-4,7-10,14,16,20H,5-6,11-13H2,1H3,(H,24,27)/t14-,20+/m0/s1. The Kier molecular flexibility index (Phi) is 4.36. The Balaban J connectivity index is 1.22. The number of hydrogen-bond donors (Lipinski definition) is 1. The van der Waals surface area contributed by atoms with E-state index in [1.165, 1.54) is 5.56 Å². The molecule has 0 unspecified atom stereocenters. The molecule has 2 aromatic heterocycles. The molecule has 1 amide bonds. The number of hydrogen-bond acceptors (Lipinski definition) is 5. The Hall–Kier alpha value is -2.73. The van der Waals surface area contributed by atoms with E-state index in [-0.39, 0.29) is 11.9 Å². The Morgan fingerprint density at radius 3 is 3.00 bits per heavy atom. The van der Waals surface area contributed by atoms with Crippen LogP contribution in [0.25, 0.3) is 10.9 Å². The maximum atomic E-state index is 12.6. The van der Waals surface area contributed by atoms with Gasteiger partial charge in [0.2, 0.25) is 0 Å². The number of nitrogens with zero attached hydrogens (tertiary/aromatic N) is 3. The Morgan fingerprint density at radius 2 is 2.14 bits per heavy atom. The van der Waals surface area contributed by atoms with Gasteiger partial charge in [-0.25, -0.2) is 0 Å². The van der Waals surface area contributed by atoms with E-state index in [1.54, 1.807) is 6.07 Å². The topological polar surface area (TPSA) is 71.3 Å². The summed E-state index contributed by atoms with van der Waals surface area (Å²) in [6, 6.07) is 12.4. The van der Waals surface area contributed by atoms with Crippen molar-refractivity contribution in [2.45, 2.75) is 38.3 Å². The van der Waals surface area contributed by atoms with Gasteiger partial charge in [0, 0.05) is 49.2 Å². The average molecular weight is 376 g/mol. The molecule has 1 saturated heterocycles. The lowest BCUT2D eigenvalue weighted by atomic mass is 10.1. The number of fused-ring (bicyclic) bond motifs is 1. The fourth-order valence-corrected chi connectivity index (χ4v) is 4.06. The molecule has 6 heteroatoms. The first-order valence-electron chi connectivity index (χ1n) is 9.99. The van der Waals surface area contributed by atoms with Crippen molar-refractivity contribution in [2.75, 3.05) is 13.1 Å². The van der Waals surface area contributed by atoms with Crippen molar-refractivity contribution in [1.82, 2.24) is 20.4 Å². The van der Waals surface area contributed by atoms with Crippen molar-refractivity contribution in [3.63, 3.8) is 0 Å². The van der Waals surface area contributed by atoms with Crippen molar-refractivity contribution in [3.8, 4) is 0 Å². The van der Waals surface area contributed by atoms with E-state index < -0.39 is 0 Å². The van der Waals surface area contributed by atoms with Crippen molar-refractivity contribution >= 4 is 16.8 Å². The van der Waals surface area contributed by atoms with Crippen LogP contribution in [0.2, 0.25) is 0 Å². The first-order valence-corrected chi connectivity index (χ1v) is 9.99. The fourth-order valence-electron chi connectivity index (χ4n) is 4.06. The smallest absolute Gasteiger partial charge is 0.273 e. The Labute approximate surface area is 163 Å². The summed E-state index contributed by atoms with van der Waals surface area (Å²) in [4.78, 5) is 19.3.